The fraction of sp³-hybridized carbons (Fsp3) is 0.667. The largest absolute Gasteiger partial charge is 0.448 e. The fourth-order valence-corrected chi connectivity index (χ4v) is 2.83. The number of likely N-dealkylation sites (tertiary alicyclic amines) is 1. The number of amides is 2. The standard InChI is InChI=1S/C15H20F3N3O3/c1-3-4-13-20-11(8-24-13)14(23)21-7-10(19-9(2)22)5-6-12(21)15(16,17)18/h8,10,12H,3-7H2,1-2H3,(H,19,22)/t10-,12-/m0/s1. The van der Waals surface area contributed by atoms with E-state index < -0.39 is 24.2 Å². The van der Waals surface area contributed by atoms with Gasteiger partial charge in [0.05, 0.1) is 0 Å². The molecule has 1 aliphatic heterocycles. The van der Waals surface area contributed by atoms with Crippen LogP contribution in [0.25, 0.3) is 0 Å². The summed E-state index contributed by atoms with van der Waals surface area (Å²) < 4.78 is 44.9. The first-order valence-corrected chi connectivity index (χ1v) is 7.81. The number of hydrogen-bond acceptors (Lipinski definition) is 4. The third-order valence-electron chi connectivity index (χ3n) is 3.86. The molecule has 0 unspecified atom stereocenters. The average molecular weight is 347 g/mol. The van der Waals surface area contributed by atoms with E-state index in [0.29, 0.717) is 12.3 Å². The number of aromatic nitrogens is 1. The molecule has 2 amide bonds. The van der Waals surface area contributed by atoms with Crippen molar-refractivity contribution in [3.63, 3.8) is 0 Å². The molecule has 2 heterocycles. The quantitative estimate of drug-likeness (QED) is 0.907. The number of oxazole rings is 1. The van der Waals surface area contributed by atoms with Gasteiger partial charge in [-0.1, -0.05) is 6.92 Å². The third kappa shape index (κ3) is 4.27. The topological polar surface area (TPSA) is 75.4 Å². The zero-order chi connectivity index (χ0) is 17.9. The number of piperidine rings is 1. The smallest absolute Gasteiger partial charge is 0.408 e. The maximum absolute atomic E-state index is 13.3. The maximum Gasteiger partial charge on any atom is 0.408 e. The number of carbonyl (C=O) groups is 2. The lowest BCUT2D eigenvalue weighted by Crippen LogP contribution is -2.58. The molecule has 0 bridgehead atoms. The molecule has 24 heavy (non-hydrogen) atoms. The summed E-state index contributed by atoms with van der Waals surface area (Å²) in [7, 11) is 0. The highest BCUT2D eigenvalue weighted by Gasteiger charge is 2.48. The Labute approximate surface area is 137 Å². The molecule has 1 fully saturated rings. The highest BCUT2D eigenvalue weighted by Crippen LogP contribution is 2.33. The molecule has 1 aromatic rings. The van der Waals surface area contributed by atoms with Gasteiger partial charge in [0.25, 0.3) is 5.91 Å². The average Bonchev–Trinajstić information content (AvgIpc) is 2.93. The summed E-state index contributed by atoms with van der Waals surface area (Å²) in [4.78, 5) is 28.3. The Kier molecular flexibility index (Phi) is 5.51. The van der Waals surface area contributed by atoms with Crippen LogP contribution in [-0.2, 0) is 11.2 Å². The molecule has 1 aromatic heterocycles. The van der Waals surface area contributed by atoms with E-state index in [1.54, 1.807) is 0 Å². The van der Waals surface area contributed by atoms with Gasteiger partial charge in [0.2, 0.25) is 5.91 Å². The zero-order valence-electron chi connectivity index (χ0n) is 13.5. The van der Waals surface area contributed by atoms with Gasteiger partial charge in [-0.15, -0.1) is 0 Å². The van der Waals surface area contributed by atoms with E-state index in [-0.39, 0.29) is 31.0 Å². The zero-order valence-corrected chi connectivity index (χ0v) is 13.5. The van der Waals surface area contributed by atoms with Crippen LogP contribution < -0.4 is 5.32 Å². The second-order valence-corrected chi connectivity index (χ2v) is 5.87. The molecule has 0 radical (unpaired) electrons. The van der Waals surface area contributed by atoms with Crippen LogP contribution in [0, 0.1) is 0 Å². The first kappa shape index (κ1) is 18.3. The van der Waals surface area contributed by atoms with Crippen molar-refractivity contribution in [2.75, 3.05) is 6.54 Å². The normalized spacial score (nSPS) is 21.6. The minimum atomic E-state index is -4.53. The summed E-state index contributed by atoms with van der Waals surface area (Å²) in [6.07, 6.45) is -2.30. The molecule has 2 rings (SSSR count). The van der Waals surface area contributed by atoms with Crippen LogP contribution in [0.15, 0.2) is 10.7 Å². The van der Waals surface area contributed by atoms with E-state index in [9.17, 15) is 22.8 Å². The summed E-state index contributed by atoms with van der Waals surface area (Å²) in [6, 6.07) is -2.40. The van der Waals surface area contributed by atoms with Gasteiger partial charge >= 0.3 is 6.18 Å². The van der Waals surface area contributed by atoms with Crippen LogP contribution in [0.5, 0.6) is 0 Å². The van der Waals surface area contributed by atoms with Crippen LogP contribution in [0.3, 0.4) is 0 Å². The number of nitrogens with zero attached hydrogens (tertiary/aromatic N) is 2. The Balaban J connectivity index is 2.21. The number of rotatable bonds is 4. The minimum Gasteiger partial charge on any atom is -0.448 e. The first-order valence-electron chi connectivity index (χ1n) is 7.81. The van der Waals surface area contributed by atoms with E-state index in [1.807, 2.05) is 6.92 Å². The Morgan fingerprint density at radius 2 is 2.12 bits per heavy atom. The summed E-state index contributed by atoms with van der Waals surface area (Å²) in [5.74, 6) is -0.858. The molecule has 0 saturated carbocycles. The van der Waals surface area contributed by atoms with Gasteiger partial charge in [-0.3, -0.25) is 9.59 Å². The fourth-order valence-electron chi connectivity index (χ4n) is 2.83. The van der Waals surface area contributed by atoms with Crippen LogP contribution in [-0.4, -0.2) is 46.5 Å². The highest BCUT2D eigenvalue weighted by atomic mass is 19.4. The monoisotopic (exact) mass is 347 g/mol. The molecule has 1 saturated heterocycles. The molecule has 0 spiro atoms. The molecule has 1 aliphatic rings. The lowest BCUT2D eigenvalue weighted by Gasteiger charge is -2.40. The molecule has 2 atom stereocenters. The summed E-state index contributed by atoms with van der Waals surface area (Å²) >= 11 is 0. The first-order chi connectivity index (χ1) is 11.2. The Morgan fingerprint density at radius 1 is 1.42 bits per heavy atom. The van der Waals surface area contributed by atoms with E-state index in [4.69, 9.17) is 4.42 Å². The van der Waals surface area contributed by atoms with Crippen molar-refractivity contribution >= 4 is 11.8 Å². The molecular weight excluding hydrogens is 327 g/mol. The van der Waals surface area contributed by atoms with Crippen LogP contribution in [0.1, 0.15) is 49.5 Å². The Hall–Kier alpha value is -2.06. The Morgan fingerprint density at radius 3 is 2.71 bits per heavy atom. The second-order valence-electron chi connectivity index (χ2n) is 5.87. The van der Waals surface area contributed by atoms with Crippen molar-refractivity contribution in [3.05, 3.63) is 17.8 Å². The maximum atomic E-state index is 13.3. The van der Waals surface area contributed by atoms with E-state index >= 15 is 0 Å². The number of halogens is 3. The molecule has 1 N–H and O–H groups in total. The molecule has 0 aromatic carbocycles. The van der Waals surface area contributed by atoms with E-state index in [0.717, 1.165) is 17.6 Å². The lowest BCUT2D eigenvalue weighted by atomic mass is 9.97. The Bertz CT molecular complexity index is 600. The van der Waals surface area contributed by atoms with Crippen LogP contribution in [0.2, 0.25) is 0 Å². The predicted octanol–water partition coefficient (Wildman–Crippen LogP) is 2.30. The minimum absolute atomic E-state index is 0.142. The van der Waals surface area contributed by atoms with Gasteiger partial charge in [-0.2, -0.15) is 13.2 Å². The van der Waals surface area contributed by atoms with E-state index in [1.165, 1.54) is 6.92 Å². The molecular formula is C15H20F3N3O3. The van der Waals surface area contributed by atoms with Crippen molar-refractivity contribution in [1.29, 1.82) is 0 Å². The van der Waals surface area contributed by atoms with Crippen LogP contribution >= 0.6 is 0 Å². The van der Waals surface area contributed by atoms with Gasteiger partial charge in [0.1, 0.15) is 12.3 Å². The van der Waals surface area contributed by atoms with Gasteiger partial charge in [-0.25, -0.2) is 4.98 Å². The number of hydrogen-bond donors (Lipinski definition) is 1. The van der Waals surface area contributed by atoms with Crippen molar-refractivity contribution in [1.82, 2.24) is 15.2 Å². The van der Waals surface area contributed by atoms with Gasteiger partial charge < -0.3 is 14.6 Å². The van der Waals surface area contributed by atoms with Crippen molar-refractivity contribution in [2.24, 2.45) is 0 Å². The van der Waals surface area contributed by atoms with Crippen molar-refractivity contribution < 1.29 is 27.2 Å². The molecule has 0 aliphatic carbocycles. The van der Waals surface area contributed by atoms with Crippen molar-refractivity contribution in [3.8, 4) is 0 Å². The highest BCUT2D eigenvalue weighted by molar-refractivity contribution is 5.92. The van der Waals surface area contributed by atoms with Gasteiger partial charge in [0, 0.05) is 25.9 Å². The number of aryl methyl sites for hydroxylation is 1. The van der Waals surface area contributed by atoms with Crippen LogP contribution in [0.4, 0.5) is 13.2 Å². The molecule has 134 valence electrons. The van der Waals surface area contributed by atoms with Gasteiger partial charge in [-0.05, 0) is 19.3 Å². The number of nitrogens with one attached hydrogen (secondary N) is 1. The lowest BCUT2D eigenvalue weighted by molar-refractivity contribution is -0.184. The summed E-state index contributed by atoms with van der Waals surface area (Å²) in [5, 5.41) is 2.57. The second kappa shape index (κ2) is 7.23. The SMILES string of the molecule is CCCc1nc(C(=O)N2C[C@@H](NC(C)=O)CC[C@H]2C(F)(F)F)co1. The van der Waals surface area contributed by atoms with Crippen molar-refractivity contribution in [2.45, 2.75) is 57.8 Å². The number of alkyl halides is 3. The summed E-state index contributed by atoms with van der Waals surface area (Å²) in [6.45, 7) is 2.98. The van der Waals surface area contributed by atoms with E-state index in [2.05, 4.69) is 10.3 Å². The van der Waals surface area contributed by atoms with Gasteiger partial charge in [0.15, 0.2) is 11.6 Å². The number of carbonyl (C=O) groups excluding carboxylic acids is 2. The molecule has 9 heteroatoms. The summed E-state index contributed by atoms with van der Waals surface area (Å²) in [5.41, 5.74) is -0.142. The predicted molar refractivity (Wildman–Crippen MR) is 78.2 cm³/mol. The third-order valence-corrected chi connectivity index (χ3v) is 3.86. The molecule has 6 nitrogen and oxygen atoms in total.